The van der Waals surface area contributed by atoms with Gasteiger partial charge in [0, 0.05) is 12.6 Å². The van der Waals surface area contributed by atoms with E-state index in [9.17, 15) is 18.0 Å². The van der Waals surface area contributed by atoms with E-state index in [1.54, 1.807) is 26.0 Å². The van der Waals surface area contributed by atoms with Crippen molar-refractivity contribution < 1.29 is 18.0 Å². The number of benzene rings is 1. The third kappa shape index (κ3) is 5.28. The van der Waals surface area contributed by atoms with E-state index in [1.165, 1.54) is 12.1 Å². The average Bonchev–Trinajstić information content (AvgIpc) is 3.07. The van der Waals surface area contributed by atoms with Crippen molar-refractivity contribution in [3.05, 3.63) is 29.8 Å². The molecule has 7 nitrogen and oxygen atoms in total. The summed E-state index contributed by atoms with van der Waals surface area (Å²) in [6.07, 6.45) is 4.69. The van der Waals surface area contributed by atoms with Crippen molar-refractivity contribution in [1.29, 1.82) is 0 Å². The van der Waals surface area contributed by atoms with Gasteiger partial charge in [0.15, 0.2) is 0 Å². The second-order valence-electron chi connectivity index (χ2n) is 7.27. The fourth-order valence-electron chi connectivity index (χ4n) is 2.93. The van der Waals surface area contributed by atoms with Crippen LogP contribution in [0.1, 0.15) is 45.1 Å². The molecule has 0 aromatic heterocycles. The van der Waals surface area contributed by atoms with Gasteiger partial charge in [0.25, 0.3) is 0 Å². The lowest BCUT2D eigenvalue weighted by Crippen LogP contribution is -2.50. The zero-order chi connectivity index (χ0) is 19.4. The van der Waals surface area contributed by atoms with Crippen LogP contribution in [0.25, 0.3) is 0 Å². The Balaban J connectivity index is 1.84. The van der Waals surface area contributed by atoms with Crippen molar-refractivity contribution in [3.8, 4) is 0 Å². The summed E-state index contributed by atoms with van der Waals surface area (Å²) < 4.78 is 22.5. The van der Waals surface area contributed by atoms with Gasteiger partial charge < -0.3 is 10.6 Å². The lowest BCUT2D eigenvalue weighted by atomic mass is 9.90. The smallest absolute Gasteiger partial charge is 0.238 e. The number of carbonyl (C=O) groups is 2. The molecule has 0 spiro atoms. The van der Waals surface area contributed by atoms with Crippen LogP contribution in [-0.2, 0) is 26.0 Å². The molecule has 0 bridgehead atoms. The van der Waals surface area contributed by atoms with Gasteiger partial charge in [-0.2, -0.15) is 0 Å². The fourth-order valence-corrected chi connectivity index (χ4v) is 3.44. The molecule has 2 amide bonds. The van der Waals surface area contributed by atoms with Crippen molar-refractivity contribution in [2.45, 2.75) is 56.9 Å². The minimum absolute atomic E-state index is 0.0509. The van der Waals surface area contributed by atoms with Gasteiger partial charge in [0.1, 0.15) is 5.41 Å². The molecule has 1 aliphatic carbocycles. The maximum absolute atomic E-state index is 12.4. The zero-order valence-electron chi connectivity index (χ0n) is 15.2. The Hall–Kier alpha value is -1.93. The van der Waals surface area contributed by atoms with Crippen LogP contribution in [0, 0.1) is 5.41 Å². The van der Waals surface area contributed by atoms with Crippen molar-refractivity contribution in [2.24, 2.45) is 10.6 Å². The van der Waals surface area contributed by atoms with E-state index < -0.39 is 15.4 Å². The molecule has 0 saturated heterocycles. The summed E-state index contributed by atoms with van der Waals surface area (Å²) in [5.74, 6) is -0.575. The van der Waals surface area contributed by atoms with E-state index in [4.69, 9.17) is 5.14 Å². The zero-order valence-corrected chi connectivity index (χ0v) is 16.1. The molecule has 0 radical (unpaired) electrons. The molecule has 1 aromatic carbocycles. The van der Waals surface area contributed by atoms with Crippen LogP contribution < -0.4 is 15.8 Å². The molecule has 1 aliphatic rings. The number of amides is 2. The fraction of sp³-hybridized carbons (Fsp3) is 0.556. The summed E-state index contributed by atoms with van der Waals surface area (Å²) in [5, 5.41) is 10.8. The largest absolute Gasteiger partial charge is 0.355 e. The summed E-state index contributed by atoms with van der Waals surface area (Å²) in [4.78, 5) is 24.8. The van der Waals surface area contributed by atoms with Gasteiger partial charge in [-0.05, 0) is 50.8 Å². The van der Waals surface area contributed by atoms with E-state index in [2.05, 4.69) is 10.6 Å². The highest BCUT2D eigenvalue weighted by Gasteiger charge is 2.37. The highest BCUT2D eigenvalue weighted by Crippen LogP contribution is 2.21. The molecule has 0 unspecified atom stereocenters. The Bertz CT molecular complexity index is 751. The van der Waals surface area contributed by atoms with E-state index in [1.807, 2.05) is 0 Å². The molecule has 1 aromatic rings. The number of hydrogen-bond donors (Lipinski definition) is 3. The third-order valence-electron chi connectivity index (χ3n) is 4.78. The number of nitrogens with one attached hydrogen (secondary N) is 2. The predicted molar refractivity (Wildman–Crippen MR) is 98.7 cm³/mol. The number of hydrogen-bond acceptors (Lipinski definition) is 4. The van der Waals surface area contributed by atoms with E-state index in [0.29, 0.717) is 13.0 Å². The third-order valence-corrected chi connectivity index (χ3v) is 5.71. The quantitative estimate of drug-likeness (QED) is 0.612. The van der Waals surface area contributed by atoms with Gasteiger partial charge in [-0.1, -0.05) is 25.0 Å². The molecular weight excluding hydrogens is 354 g/mol. The first-order valence-electron chi connectivity index (χ1n) is 8.82. The van der Waals surface area contributed by atoms with Crippen LogP contribution >= 0.6 is 0 Å². The number of rotatable bonds is 7. The first-order chi connectivity index (χ1) is 12.1. The van der Waals surface area contributed by atoms with Gasteiger partial charge in [0.05, 0.1) is 4.90 Å². The molecule has 144 valence electrons. The Labute approximate surface area is 154 Å². The van der Waals surface area contributed by atoms with Crippen LogP contribution in [0.4, 0.5) is 0 Å². The van der Waals surface area contributed by atoms with Crippen molar-refractivity contribution >= 4 is 21.8 Å². The Morgan fingerprint density at radius 2 is 1.69 bits per heavy atom. The Morgan fingerprint density at radius 3 is 2.23 bits per heavy atom. The SMILES string of the molecule is CC(C)(C(=O)NCCc1ccc(S(N)(=O)=O)cc1)C(=O)NC1CCCC1. The number of sulfonamides is 1. The monoisotopic (exact) mass is 381 g/mol. The van der Waals surface area contributed by atoms with Crippen LogP contribution in [-0.4, -0.2) is 32.8 Å². The molecular formula is C18H27N3O4S. The summed E-state index contributed by atoms with van der Waals surface area (Å²) >= 11 is 0. The summed E-state index contributed by atoms with van der Waals surface area (Å²) in [5.41, 5.74) is -0.272. The Kier molecular flexibility index (Phi) is 6.41. The number of primary sulfonamides is 1. The molecule has 0 aliphatic heterocycles. The molecule has 8 heteroatoms. The second kappa shape index (κ2) is 8.18. The molecule has 0 atom stereocenters. The van der Waals surface area contributed by atoms with Crippen molar-refractivity contribution in [3.63, 3.8) is 0 Å². The van der Waals surface area contributed by atoms with E-state index in [0.717, 1.165) is 31.2 Å². The highest BCUT2D eigenvalue weighted by molar-refractivity contribution is 7.89. The molecule has 4 N–H and O–H groups in total. The number of nitrogens with two attached hydrogens (primary N) is 1. The second-order valence-corrected chi connectivity index (χ2v) is 8.84. The molecule has 0 heterocycles. The molecule has 1 saturated carbocycles. The van der Waals surface area contributed by atoms with Crippen LogP contribution in [0.15, 0.2) is 29.2 Å². The molecule has 26 heavy (non-hydrogen) atoms. The lowest BCUT2D eigenvalue weighted by molar-refractivity contribution is -0.141. The van der Waals surface area contributed by atoms with Gasteiger partial charge in [-0.25, -0.2) is 13.6 Å². The van der Waals surface area contributed by atoms with Crippen molar-refractivity contribution in [2.75, 3.05) is 6.54 Å². The van der Waals surface area contributed by atoms with Gasteiger partial charge in [-0.3, -0.25) is 9.59 Å². The van der Waals surface area contributed by atoms with Gasteiger partial charge in [-0.15, -0.1) is 0 Å². The van der Waals surface area contributed by atoms with Crippen LogP contribution in [0.5, 0.6) is 0 Å². The number of carbonyl (C=O) groups excluding carboxylic acids is 2. The normalized spacial score (nSPS) is 15.7. The standard InChI is InChI=1S/C18H27N3O4S/c1-18(2,17(23)21-14-5-3-4-6-14)16(22)20-12-11-13-7-9-15(10-8-13)26(19,24)25/h7-10,14H,3-6,11-12H2,1-2H3,(H,20,22)(H,21,23)(H2,19,24,25). The summed E-state index contributed by atoms with van der Waals surface area (Å²) in [6, 6.07) is 6.36. The first kappa shape index (κ1) is 20.4. The highest BCUT2D eigenvalue weighted by atomic mass is 32.2. The summed E-state index contributed by atoms with van der Waals surface area (Å²) in [6.45, 7) is 3.59. The maximum Gasteiger partial charge on any atom is 0.238 e. The van der Waals surface area contributed by atoms with Crippen molar-refractivity contribution in [1.82, 2.24) is 10.6 Å². The van der Waals surface area contributed by atoms with Gasteiger partial charge >= 0.3 is 0 Å². The van der Waals surface area contributed by atoms with Crippen LogP contribution in [0.3, 0.4) is 0 Å². The van der Waals surface area contributed by atoms with E-state index >= 15 is 0 Å². The minimum atomic E-state index is -3.71. The summed E-state index contributed by atoms with van der Waals surface area (Å²) in [7, 11) is -3.71. The topological polar surface area (TPSA) is 118 Å². The first-order valence-corrected chi connectivity index (χ1v) is 10.4. The van der Waals surface area contributed by atoms with Gasteiger partial charge in [0.2, 0.25) is 21.8 Å². The maximum atomic E-state index is 12.4. The molecule has 2 rings (SSSR count). The Morgan fingerprint density at radius 1 is 1.12 bits per heavy atom. The minimum Gasteiger partial charge on any atom is -0.355 e. The molecule has 1 fully saturated rings. The average molecular weight is 381 g/mol. The van der Waals surface area contributed by atoms with E-state index in [-0.39, 0.29) is 22.8 Å². The lowest BCUT2D eigenvalue weighted by Gasteiger charge is -2.25. The predicted octanol–water partition coefficient (Wildman–Crippen LogP) is 1.08. The van der Waals surface area contributed by atoms with Crippen LogP contribution in [0.2, 0.25) is 0 Å².